The Labute approximate surface area is 92.0 Å². The van der Waals surface area contributed by atoms with E-state index in [1.54, 1.807) is 0 Å². The van der Waals surface area contributed by atoms with E-state index in [9.17, 15) is 4.79 Å². The molecular weight excluding hydrogens is 202 g/mol. The van der Waals surface area contributed by atoms with E-state index in [-0.39, 0.29) is 24.0 Å². The van der Waals surface area contributed by atoms with Crippen LogP contribution in [0, 0.1) is 0 Å². The first-order chi connectivity index (χ1) is 5.97. The first kappa shape index (κ1) is 13.7. The first-order valence-corrected chi connectivity index (χ1v) is 4.92. The van der Waals surface area contributed by atoms with E-state index >= 15 is 0 Å². The SMILES string of the molecule is CC(C)(C)OC(=O)CC1CCCN1.Cl. The molecule has 0 radical (unpaired) electrons. The predicted molar refractivity (Wildman–Crippen MR) is 58.7 cm³/mol. The summed E-state index contributed by atoms with van der Waals surface area (Å²) in [7, 11) is 0. The largest absolute Gasteiger partial charge is 0.460 e. The van der Waals surface area contributed by atoms with E-state index in [0.717, 1.165) is 13.0 Å². The van der Waals surface area contributed by atoms with Crippen molar-refractivity contribution in [3.05, 3.63) is 0 Å². The van der Waals surface area contributed by atoms with Crippen molar-refractivity contribution in [1.82, 2.24) is 5.32 Å². The van der Waals surface area contributed by atoms with Gasteiger partial charge in [0.25, 0.3) is 0 Å². The summed E-state index contributed by atoms with van der Waals surface area (Å²) in [4.78, 5) is 11.4. The Morgan fingerprint density at radius 1 is 1.50 bits per heavy atom. The van der Waals surface area contributed by atoms with E-state index in [1.807, 2.05) is 20.8 Å². The summed E-state index contributed by atoms with van der Waals surface area (Å²) in [5.41, 5.74) is -0.352. The smallest absolute Gasteiger partial charge is 0.307 e. The lowest BCUT2D eigenvalue weighted by Gasteiger charge is -2.20. The van der Waals surface area contributed by atoms with Crippen molar-refractivity contribution in [1.29, 1.82) is 0 Å². The Hall–Kier alpha value is -0.280. The van der Waals surface area contributed by atoms with Gasteiger partial charge in [-0.1, -0.05) is 0 Å². The van der Waals surface area contributed by atoms with Crippen molar-refractivity contribution in [3.8, 4) is 0 Å². The molecule has 1 aliphatic rings. The summed E-state index contributed by atoms with van der Waals surface area (Å²) in [5.74, 6) is -0.0908. The second kappa shape index (κ2) is 5.56. The Balaban J connectivity index is 0.00000169. The molecule has 1 atom stereocenters. The van der Waals surface area contributed by atoms with Crippen molar-refractivity contribution >= 4 is 18.4 Å². The zero-order valence-electron chi connectivity index (χ0n) is 9.13. The van der Waals surface area contributed by atoms with Gasteiger partial charge in [-0.3, -0.25) is 4.79 Å². The van der Waals surface area contributed by atoms with Gasteiger partial charge in [-0.05, 0) is 40.2 Å². The third-order valence-corrected chi connectivity index (χ3v) is 2.00. The second-order valence-electron chi connectivity index (χ2n) is 4.58. The molecule has 84 valence electrons. The Kier molecular flexibility index (Phi) is 5.45. The van der Waals surface area contributed by atoms with Gasteiger partial charge in [0.15, 0.2) is 0 Å². The summed E-state index contributed by atoms with van der Waals surface area (Å²) in [6, 6.07) is 0.342. The zero-order valence-corrected chi connectivity index (χ0v) is 9.95. The second-order valence-corrected chi connectivity index (χ2v) is 4.58. The monoisotopic (exact) mass is 221 g/mol. The highest BCUT2D eigenvalue weighted by Crippen LogP contribution is 2.13. The highest BCUT2D eigenvalue weighted by atomic mass is 35.5. The maximum absolute atomic E-state index is 11.4. The number of halogens is 1. The molecule has 0 aromatic carbocycles. The molecule has 0 aromatic heterocycles. The van der Waals surface area contributed by atoms with Crippen molar-refractivity contribution in [2.45, 2.75) is 51.7 Å². The van der Waals surface area contributed by atoms with Gasteiger partial charge in [0, 0.05) is 6.04 Å². The summed E-state index contributed by atoms with van der Waals surface area (Å²) in [6.07, 6.45) is 2.78. The minimum atomic E-state index is -0.352. The fourth-order valence-electron chi connectivity index (χ4n) is 1.52. The molecule has 1 N–H and O–H groups in total. The van der Waals surface area contributed by atoms with Crippen molar-refractivity contribution in [2.24, 2.45) is 0 Å². The highest BCUT2D eigenvalue weighted by Gasteiger charge is 2.22. The lowest BCUT2D eigenvalue weighted by atomic mass is 10.1. The molecule has 1 heterocycles. The highest BCUT2D eigenvalue weighted by molar-refractivity contribution is 5.85. The van der Waals surface area contributed by atoms with Gasteiger partial charge in [0.2, 0.25) is 0 Å². The molecule has 1 rings (SSSR count). The van der Waals surface area contributed by atoms with Crippen LogP contribution in [0.25, 0.3) is 0 Å². The molecule has 0 saturated carbocycles. The number of esters is 1. The molecule has 3 nitrogen and oxygen atoms in total. The molecule has 0 spiro atoms. The van der Waals surface area contributed by atoms with E-state index in [0.29, 0.717) is 12.5 Å². The van der Waals surface area contributed by atoms with Crippen molar-refractivity contribution in [3.63, 3.8) is 0 Å². The van der Waals surface area contributed by atoms with Gasteiger partial charge < -0.3 is 10.1 Å². The topological polar surface area (TPSA) is 38.3 Å². The van der Waals surface area contributed by atoms with E-state index in [4.69, 9.17) is 4.74 Å². The summed E-state index contributed by atoms with van der Waals surface area (Å²) in [6.45, 7) is 6.72. The van der Waals surface area contributed by atoms with Gasteiger partial charge in [0.1, 0.15) is 5.60 Å². The lowest BCUT2D eigenvalue weighted by Crippen LogP contribution is -2.30. The lowest BCUT2D eigenvalue weighted by molar-refractivity contribution is -0.155. The molecule has 14 heavy (non-hydrogen) atoms. The van der Waals surface area contributed by atoms with Gasteiger partial charge in [-0.15, -0.1) is 12.4 Å². The molecule has 0 bridgehead atoms. The molecular formula is C10H20ClNO2. The number of rotatable bonds is 2. The Morgan fingerprint density at radius 2 is 2.14 bits per heavy atom. The van der Waals surface area contributed by atoms with Gasteiger partial charge in [-0.2, -0.15) is 0 Å². The summed E-state index contributed by atoms with van der Waals surface area (Å²) < 4.78 is 5.22. The number of nitrogens with one attached hydrogen (secondary N) is 1. The van der Waals surface area contributed by atoms with Gasteiger partial charge in [0.05, 0.1) is 6.42 Å². The summed E-state index contributed by atoms with van der Waals surface area (Å²) in [5, 5.41) is 3.27. The van der Waals surface area contributed by atoms with E-state index in [2.05, 4.69) is 5.32 Å². The van der Waals surface area contributed by atoms with Crippen LogP contribution in [0.3, 0.4) is 0 Å². The number of hydrogen-bond donors (Lipinski definition) is 1. The van der Waals surface area contributed by atoms with E-state index in [1.165, 1.54) is 6.42 Å². The number of carbonyl (C=O) groups is 1. The summed E-state index contributed by atoms with van der Waals surface area (Å²) >= 11 is 0. The van der Waals surface area contributed by atoms with Crippen molar-refractivity contribution in [2.75, 3.05) is 6.54 Å². The third kappa shape index (κ3) is 5.45. The number of carbonyl (C=O) groups excluding carboxylic acids is 1. The molecule has 0 aliphatic carbocycles. The fraction of sp³-hybridized carbons (Fsp3) is 0.900. The van der Waals surface area contributed by atoms with E-state index < -0.39 is 0 Å². The van der Waals surface area contributed by atoms with Crippen LogP contribution in [0.1, 0.15) is 40.0 Å². The standard InChI is InChI=1S/C10H19NO2.ClH/c1-10(2,3)13-9(12)7-8-5-4-6-11-8;/h8,11H,4-7H2,1-3H3;1H. The molecule has 0 amide bonds. The van der Waals surface area contributed by atoms with Crippen LogP contribution in [-0.2, 0) is 9.53 Å². The van der Waals surface area contributed by atoms with Crippen LogP contribution in [-0.4, -0.2) is 24.2 Å². The Morgan fingerprint density at radius 3 is 2.57 bits per heavy atom. The molecule has 4 heteroatoms. The maximum atomic E-state index is 11.4. The van der Waals surface area contributed by atoms with Gasteiger partial charge >= 0.3 is 5.97 Å². The minimum Gasteiger partial charge on any atom is -0.460 e. The normalized spacial score (nSPS) is 21.5. The number of hydrogen-bond acceptors (Lipinski definition) is 3. The molecule has 1 unspecified atom stereocenters. The Bertz CT molecular complexity index is 183. The third-order valence-electron chi connectivity index (χ3n) is 2.00. The molecule has 0 aromatic rings. The molecule has 1 fully saturated rings. The van der Waals surface area contributed by atoms with Crippen LogP contribution >= 0.6 is 12.4 Å². The average molecular weight is 222 g/mol. The zero-order chi connectivity index (χ0) is 9.90. The van der Waals surface area contributed by atoms with Crippen LogP contribution < -0.4 is 5.32 Å². The van der Waals surface area contributed by atoms with Crippen molar-refractivity contribution < 1.29 is 9.53 Å². The average Bonchev–Trinajstić information content (AvgIpc) is 2.34. The number of ether oxygens (including phenoxy) is 1. The van der Waals surface area contributed by atoms with Crippen LogP contribution in [0.2, 0.25) is 0 Å². The van der Waals surface area contributed by atoms with Gasteiger partial charge in [-0.25, -0.2) is 0 Å². The maximum Gasteiger partial charge on any atom is 0.307 e. The minimum absolute atomic E-state index is 0. The quantitative estimate of drug-likeness (QED) is 0.724. The fourth-order valence-corrected chi connectivity index (χ4v) is 1.52. The predicted octanol–water partition coefficient (Wildman–Crippen LogP) is 1.89. The van der Waals surface area contributed by atoms with Crippen LogP contribution in [0.15, 0.2) is 0 Å². The first-order valence-electron chi connectivity index (χ1n) is 4.92. The van der Waals surface area contributed by atoms with Crippen LogP contribution in [0.4, 0.5) is 0 Å². The van der Waals surface area contributed by atoms with Crippen LogP contribution in [0.5, 0.6) is 0 Å². The molecule has 1 saturated heterocycles. The molecule has 1 aliphatic heterocycles.